The van der Waals surface area contributed by atoms with E-state index in [-0.39, 0.29) is 72.1 Å². The van der Waals surface area contributed by atoms with Crippen molar-refractivity contribution in [2.24, 2.45) is 23.7 Å². The van der Waals surface area contributed by atoms with E-state index in [4.69, 9.17) is 0 Å². The Morgan fingerprint density at radius 2 is 1.14 bits per heavy atom. The number of carbonyl (C=O) groups is 2. The molecule has 8 heterocycles. The van der Waals surface area contributed by atoms with Gasteiger partial charge in [-0.1, -0.05) is 24.3 Å². The van der Waals surface area contributed by atoms with E-state index >= 15 is 0 Å². The molecule has 0 spiro atoms. The van der Waals surface area contributed by atoms with Crippen molar-refractivity contribution in [3.05, 3.63) is 113 Å². The van der Waals surface area contributed by atoms with Gasteiger partial charge in [0.15, 0.2) is 0 Å². The lowest BCUT2D eigenvalue weighted by atomic mass is 9.86. The average molecular weight is 829 g/mol. The second-order valence-corrected chi connectivity index (χ2v) is 17.0. The zero-order valence-electron chi connectivity index (χ0n) is 33.2. The van der Waals surface area contributed by atoms with E-state index < -0.39 is 11.8 Å². The Kier molecular flexibility index (Phi) is 13.0. The van der Waals surface area contributed by atoms with E-state index in [1.807, 2.05) is 87.0 Å². The minimum absolute atomic E-state index is 0.0438. The Hall–Kier alpha value is -4.58. The summed E-state index contributed by atoms with van der Waals surface area (Å²) in [7, 11) is 0. The van der Waals surface area contributed by atoms with Crippen LogP contribution >= 0.6 is 22.7 Å². The van der Waals surface area contributed by atoms with E-state index in [9.17, 15) is 29.4 Å². The Labute approximate surface area is 345 Å². The number of aromatic nitrogens is 4. The lowest BCUT2D eigenvalue weighted by molar-refractivity contribution is -0.128. The highest BCUT2D eigenvalue weighted by atomic mass is 32.1. The van der Waals surface area contributed by atoms with Crippen LogP contribution in [0.3, 0.4) is 0 Å². The van der Waals surface area contributed by atoms with Gasteiger partial charge in [-0.2, -0.15) is 0 Å². The lowest BCUT2D eigenvalue weighted by Crippen LogP contribution is -2.46. The van der Waals surface area contributed by atoms with Crippen molar-refractivity contribution in [3.63, 3.8) is 0 Å². The first-order chi connectivity index (χ1) is 28.2. The number of aliphatic hydroxyl groups is 2. The number of carbonyl (C=O) groups excluding carboxylic acids is 2. The molecule has 8 rings (SSSR count). The SMILES string of the molecule is C/C=C/c1ccc2n(c1=O)C[C@H]1[C@H](CO)[C@@H](C(=O)NCC)[C@@H]2N1Cc1nccs1.C/C=C\c1ccc2n(c1=O)C[C@H]1[C@H](CO)[C@@H](C(=O)NCC)[C@@H]2N1Cc1nccs1. The predicted molar refractivity (Wildman–Crippen MR) is 225 cm³/mol. The van der Waals surface area contributed by atoms with Crippen molar-refractivity contribution in [1.82, 2.24) is 39.5 Å². The average Bonchev–Trinajstić information content (AvgIpc) is 4.01. The van der Waals surface area contributed by atoms with E-state index in [2.05, 4.69) is 30.4 Å². The number of aliphatic hydroxyl groups excluding tert-OH is 2. The van der Waals surface area contributed by atoms with Crippen LogP contribution in [0.2, 0.25) is 0 Å². The van der Waals surface area contributed by atoms with Crippen LogP contribution in [-0.4, -0.2) is 89.3 Å². The Morgan fingerprint density at radius 3 is 1.47 bits per heavy atom. The van der Waals surface area contributed by atoms with Crippen LogP contribution in [0.4, 0.5) is 0 Å². The summed E-state index contributed by atoms with van der Waals surface area (Å²) in [5, 5.41) is 32.1. The highest BCUT2D eigenvalue weighted by molar-refractivity contribution is 7.09. The number of hydrogen-bond donors (Lipinski definition) is 4. The molecule has 0 aromatic carbocycles. The van der Waals surface area contributed by atoms with Crippen molar-refractivity contribution in [1.29, 1.82) is 0 Å². The maximum Gasteiger partial charge on any atom is 0.258 e. The van der Waals surface area contributed by atoms with Gasteiger partial charge in [0.25, 0.3) is 11.1 Å². The summed E-state index contributed by atoms with van der Waals surface area (Å²) < 4.78 is 3.59. The molecular weight excluding hydrogens is 777 g/mol. The first kappa shape index (κ1) is 41.6. The molecule has 16 heteroatoms. The topological polar surface area (TPSA) is 175 Å². The molecule has 0 saturated carbocycles. The van der Waals surface area contributed by atoms with Crippen LogP contribution < -0.4 is 21.8 Å². The monoisotopic (exact) mass is 828 g/mol. The fourth-order valence-electron chi connectivity index (χ4n) is 9.69. The number of rotatable bonds is 12. The van der Waals surface area contributed by atoms with Gasteiger partial charge in [-0.25, -0.2) is 9.97 Å². The summed E-state index contributed by atoms with van der Waals surface area (Å²) in [5.74, 6) is -1.44. The summed E-state index contributed by atoms with van der Waals surface area (Å²) in [4.78, 5) is 65.5. The molecule has 0 aliphatic carbocycles. The van der Waals surface area contributed by atoms with Crippen molar-refractivity contribution in [3.8, 4) is 0 Å². The zero-order valence-corrected chi connectivity index (χ0v) is 34.9. The van der Waals surface area contributed by atoms with Crippen LogP contribution in [-0.2, 0) is 35.8 Å². The Morgan fingerprint density at radius 1 is 0.724 bits per heavy atom. The van der Waals surface area contributed by atoms with Crippen molar-refractivity contribution >= 4 is 46.6 Å². The van der Waals surface area contributed by atoms with Gasteiger partial charge in [-0.3, -0.25) is 29.0 Å². The summed E-state index contributed by atoms with van der Waals surface area (Å²) in [6.45, 7) is 10.5. The van der Waals surface area contributed by atoms with Gasteiger partial charge in [-0.15, -0.1) is 22.7 Å². The molecule has 0 unspecified atom stereocenters. The first-order valence-corrected chi connectivity index (χ1v) is 21.7. The van der Waals surface area contributed by atoms with Gasteiger partial charge in [0.2, 0.25) is 11.8 Å². The standard InChI is InChI=1S/2C21H26N4O3S/c2*1-3-5-13-6-7-15-19-18(20(27)22-4-2)14(12-26)16(10-25(15)21(13)28)24(19)11-17-23-8-9-29-17/h2*3,5-9,14,16,18-19,26H,4,10-12H2,1-2H3,(H,22,27)/b5-3+;5-3-/t2*14-,16-,18+,19+/m00/s1. The number of allylic oxidation sites excluding steroid dienone is 2. The van der Waals surface area contributed by atoms with E-state index in [0.29, 0.717) is 50.4 Å². The number of hydrogen-bond acceptors (Lipinski definition) is 12. The molecule has 4 aliphatic rings. The highest BCUT2D eigenvalue weighted by Gasteiger charge is 2.57. The Balaban J connectivity index is 0.000000177. The Bertz CT molecular complexity index is 2100. The molecule has 0 radical (unpaired) electrons. The molecule has 4 aliphatic heterocycles. The summed E-state index contributed by atoms with van der Waals surface area (Å²) in [6, 6.07) is 6.83. The minimum atomic E-state index is -0.411. The molecule has 4 aromatic heterocycles. The molecule has 308 valence electrons. The predicted octanol–water partition coefficient (Wildman–Crippen LogP) is 3.28. The highest BCUT2D eigenvalue weighted by Crippen LogP contribution is 2.50. The zero-order chi connectivity index (χ0) is 41.1. The quantitative estimate of drug-likeness (QED) is 0.166. The molecule has 4 N–H and O–H groups in total. The molecule has 2 amide bonds. The van der Waals surface area contributed by atoms with E-state index in [0.717, 1.165) is 21.4 Å². The van der Waals surface area contributed by atoms with Crippen molar-refractivity contribution in [2.75, 3.05) is 26.3 Å². The van der Waals surface area contributed by atoms with Gasteiger partial charge in [0, 0.05) is 109 Å². The first-order valence-electron chi connectivity index (χ1n) is 20.0. The van der Waals surface area contributed by atoms with E-state index in [1.165, 1.54) is 0 Å². The maximum atomic E-state index is 13.1. The molecule has 2 fully saturated rings. The second-order valence-electron chi connectivity index (χ2n) is 15.0. The van der Waals surface area contributed by atoms with Gasteiger partial charge in [0.05, 0.1) is 37.0 Å². The number of nitrogens with zero attached hydrogens (tertiary/aromatic N) is 6. The lowest BCUT2D eigenvalue weighted by Gasteiger charge is -2.37. The molecule has 4 bridgehead atoms. The second kappa shape index (κ2) is 18.1. The third-order valence-corrected chi connectivity index (χ3v) is 13.5. The third-order valence-electron chi connectivity index (χ3n) is 12.0. The third kappa shape index (κ3) is 7.57. The fraction of sp³-hybridized carbons (Fsp3) is 0.476. The molecule has 2 saturated heterocycles. The van der Waals surface area contributed by atoms with Gasteiger partial charge >= 0.3 is 0 Å². The van der Waals surface area contributed by atoms with Crippen LogP contribution in [0.15, 0.2) is 69.2 Å². The van der Waals surface area contributed by atoms with Gasteiger partial charge in [-0.05, 0) is 52.0 Å². The number of nitrogens with one attached hydrogen (secondary N) is 2. The van der Waals surface area contributed by atoms with Crippen molar-refractivity contribution < 1.29 is 19.8 Å². The molecule has 14 nitrogen and oxygen atoms in total. The molecule has 58 heavy (non-hydrogen) atoms. The van der Waals surface area contributed by atoms with Gasteiger partial charge < -0.3 is 30.0 Å². The number of fused-ring (bicyclic) bond motifs is 8. The van der Waals surface area contributed by atoms with Crippen LogP contribution in [0.1, 0.15) is 72.3 Å². The normalized spacial score (nSPS) is 26.0. The van der Waals surface area contributed by atoms with Crippen LogP contribution in [0, 0.1) is 23.7 Å². The maximum absolute atomic E-state index is 13.1. The summed E-state index contributed by atoms with van der Waals surface area (Å²) in [5.41, 5.74) is 2.86. The molecular formula is C42H52N8O6S2. The number of pyridine rings is 2. The largest absolute Gasteiger partial charge is 0.396 e. The summed E-state index contributed by atoms with van der Waals surface area (Å²) >= 11 is 3.15. The van der Waals surface area contributed by atoms with Gasteiger partial charge in [0.1, 0.15) is 10.0 Å². The van der Waals surface area contributed by atoms with Crippen LogP contribution in [0.25, 0.3) is 12.2 Å². The smallest absolute Gasteiger partial charge is 0.258 e. The molecule has 8 atom stereocenters. The molecule has 4 aromatic rings. The number of amides is 2. The van der Waals surface area contributed by atoms with Crippen LogP contribution in [0.5, 0.6) is 0 Å². The van der Waals surface area contributed by atoms with Crippen molar-refractivity contribution in [2.45, 2.75) is 78.0 Å². The van der Waals surface area contributed by atoms with E-state index in [1.54, 1.807) is 44.2 Å². The number of thiazole rings is 2. The summed E-state index contributed by atoms with van der Waals surface area (Å²) in [6.07, 6.45) is 10.9. The minimum Gasteiger partial charge on any atom is -0.396 e. The fourth-order valence-corrected chi connectivity index (χ4v) is 10.9.